The Morgan fingerprint density at radius 1 is 1.67 bits per heavy atom. The molecule has 0 atom stereocenters. The van der Waals surface area contributed by atoms with Gasteiger partial charge in [-0.2, -0.15) is 9.17 Å². The lowest BCUT2D eigenvalue weighted by Gasteiger charge is -1.91. The minimum atomic E-state index is -0.679. The van der Waals surface area contributed by atoms with Crippen LogP contribution in [-0.4, -0.2) is 30.5 Å². The van der Waals surface area contributed by atoms with E-state index in [0.717, 1.165) is 10.6 Å². The molecular formula is C7H8N6OS. The zero-order valence-corrected chi connectivity index (χ0v) is 8.73. The summed E-state index contributed by atoms with van der Waals surface area (Å²) in [4.78, 5) is 13.0. The molecule has 2 aromatic heterocycles. The van der Waals surface area contributed by atoms with E-state index in [4.69, 9.17) is 5.73 Å². The van der Waals surface area contributed by atoms with E-state index < -0.39 is 5.91 Å². The van der Waals surface area contributed by atoms with E-state index in [1.807, 2.05) is 13.0 Å². The van der Waals surface area contributed by atoms with E-state index in [1.54, 1.807) is 0 Å². The number of tetrazole rings is 1. The van der Waals surface area contributed by atoms with Crippen molar-refractivity contribution in [1.29, 1.82) is 0 Å². The Morgan fingerprint density at radius 3 is 3.00 bits per heavy atom. The van der Waals surface area contributed by atoms with Crippen molar-refractivity contribution >= 4 is 17.4 Å². The first-order chi connectivity index (χ1) is 7.15. The first-order valence-electron chi connectivity index (χ1n) is 4.15. The van der Waals surface area contributed by atoms with Crippen molar-refractivity contribution < 1.29 is 4.79 Å². The van der Waals surface area contributed by atoms with E-state index in [9.17, 15) is 4.79 Å². The second-order valence-corrected chi connectivity index (χ2v) is 3.83. The Morgan fingerprint density at radius 2 is 2.47 bits per heavy atom. The molecule has 2 N–H and O–H groups in total. The van der Waals surface area contributed by atoms with Crippen LogP contribution in [0.15, 0.2) is 6.07 Å². The van der Waals surface area contributed by atoms with Crippen LogP contribution >= 0.6 is 11.5 Å². The van der Waals surface area contributed by atoms with Gasteiger partial charge >= 0.3 is 0 Å². The van der Waals surface area contributed by atoms with Gasteiger partial charge in [0, 0.05) is 4.88 Å². The van der Waals surface area contributed by atoms with Crippen LogP contribution in [0.2, 0.25) is 0 Å². The van der Waals surface area contributed by atoms with Crippen LogP contribution in [0.5, 0.6) is 0 Å². The maximum Gasteiger partial charge on any atom is 0.290 e. The van der Waals surface area contributed by atoms with Crippen molar-refractivity contribution in [3.63, 3.8) is 0 Å². The third kappa shape index (κ3) is 2.15. The second-order valence-electron chi connectivity index (χ2n) is 2.94. The smallest absolute Gasteiger partial charge is 0.290 e. The van der Waals surface area contributed by atoms with Gasteiger partial charge in [-0.1, -0.05) is 0 Å². The molecule has 78 valence electrons. The number of carbonyl (C=O) groups excluding carboxylic acids is 1. The van der Waals surface area contributed by atoms with Gasteiger partial charge in [0.25, 0.3) is 11.7 Å². The van der Waals surface area contributed by atoms with E-state index >= 15 is 0 Å². The molecule has 0 fully saturated rings. The fourth-order valence-electron chi connectivity index (χ4n) is 1.04. The highest BCUT2D eigenvalue weighted by molar-refractivity contribution is 7.05. The molecule has 8 heteroatoms. The van der Waals surface area contributed by atoms with Crippen LogP contribution in [0.3, 0.4) is 0 Å². The number of primary amides is 1. The molecule has 1 amide bonds. The Hall–Kier alpha value is -1.83. The normalized spacial score (nSPS) is 10.5. The lowest BCUT2D eigenvalue weighted by Crippen LogP contribution is -2.13. The van der Waals surface area contributed by atoms with E-state index in [-0.39, 0.29) is 5.82 Å². The van der Waals surface area contributed by atoms with E-state index in [2.05, 4.69) is 19.8 Å². The molecule has 0 bridgehead atoms. The summed E-state index contributed by atoms with van der Waals surface area (Å²) in [6.07, 6.45) is 0. The molecule has 7 nitrogen and oxygen atoms in total. The van der Waals surface area contributed by atoms with Crippen molar-refractivity contribution in [2.45, 2.75) is 13.5 Å². The van der Waals surface area contributed by atoms with Crippen LogP contribution < -0.4 is 5.73 Å². The van der Waals surface area contributed by atoms with Crippen molar-refractivity contribution in [3.8, 4) is 0 Å². The molecule has 0 radical (unpaired) electrons. The third-order valence-corrected chi connectivity index (χ3v) is 2.51. The molecule has 0 aliphatic rings. The predicted molar refractivity (Wildman–Crippen MR) is 52.3 cm³/mol. The largest absolute Gasteiger partial charge is 0.363 e. The highest BCUT2D eigenvalue weighted by Gasteiger charge is 2.09. The number of rotatable bonds is 3. The van der Waals surface area contributed by atoms with Crippen LogP contribution in [0.1, 0.15) is 21.2 Å². The molecule has 0 unspecified atom stereocenters. The number of carbonyl (C=O) groups is 1. The molecule has 0 saturated heterocycles. The summed E-state index contributed by atoms with van der Waals surface area (Å²) in [6.45, 7) is 2.36. The van der Waals surface area contributed by atoms with Crippen LogP contribution in [0.4, 0.5) is 0 Å². The molecule has 0 aliphatic carbocycles. The zero-order valence-electron chi connectivity index (χ0n) is 7.91. The van der Waals surface area contributed by atoms with Gasteiger partial charge in [0.05, 0.1) is 12.2 Å². The van der Waals surface area contributed by atoms with E-state index in [1.165, 1.54) is 16.3 Å². The summed E-state index contributed by atoms with van der Waals surface area (Å²) in [6, 6.07) is 1.93. The summed E-state index contributed by atoms with van der Waals surface area (Å²) in [7, 11) is 0. The van der Waals surface area contributed by atoms with Gasteiger partial charge < -0.3 is 5.73 Å². The molecule has 0 aromatic carbocycles. The monoisotopic (exact) mass is 224 g/mol. The van der Waals surface area contributed by atoms with Gasteiger partial charge in [0.2, 0.25) is 0 Å². The lowest BCUT2D eigenvalue weighted by molar-refractivity contribution is 0.0990. The fraction of sp³-hybridized carbons (Fsp3) is 0.286. The first kappa shape index (κ1) is 9.71. The number of hydrogen-bond acceptors (Lipinski definition) is 6. The fourth-order valence-corrected chi connectivity index (χ4v) is 1.75. The average molecular weight is 224 g/mol. The maximum atomic E-state index is 10.7. The molecule has 0 aliphatic heterocycles. The summed E-state index contributed by atoms with van der Waals surface area (Å²) >= 11 is 1.37. The van der Waals surface area contributed by atoms with Crippen LogP contribution in [0, 0.1) is 6.92 Å². The highest BCUT2D eigenvalue weighted by atomic mass is 32.1. The standard InChI is InChI=1S/C7H8N6OS/c1-4-2-5(15-11-4)3-13-10-7(6(8)14)9-12-13/h2H,3H2,1H3,(H2,8,14). The van der Waals surface area contributed by atoms with Crippen molar-refractivity contribution in [3.05, 3.63) is 22.5 Å². The lowest BCUT2D eigenvalue weighted by atomic mass is 10.4. The topological polar surface area (TPSA) is 99.6 Å². The van der Waals surface area contributed by atoms with Gasteiger partial charge in [0.15, 0.2) is 0 Å². The van der Waals surface area contributed by atoms with Crippen LogP contribution in [-0.2, 0) is 6.54 Å². The molecule has 2 aromatic rings. The van der Waals surface area contributed by atoms with E-state index in [0.29, 0.717) is 6.54 Å². The summed E-state index contributed by atoms with van der Waals surface area (Å²) in [5.41, 5.74) is 5.95. The molecule has 0 saturated carbocycles. The number of aryl methyl sites for hydroxylation is 1. The summed E-state index contributed by atoms with van der Waals surface area (Å²) < 4.78 is 4.12. The number of aromatic nitrogens is 5. The third-order valence-electron chi connectivity index (χ3n) is 1.65. The minimum absolute atomic E-state index is 0.0729. The van der Waals surface area contributed by atoms with Crippen molar-refractivity contribution in [2.24, 2.45) is 5.73 Å². The Balaban J connectivity index is 2.14. The number of nitrogens with zero attached hydrogens (tertiary/aromatic N) is 5. The summed E-state index contributed by atoms with van der Waals surface area (Å²) in [5.74, 6) is -0.752. The average Bonchev–Trinajstić information content (AvgIpc) is 2.76. The van der Waals surface area contributed by atoms with Gasteiger partial charge in [-0.3, -0.25) is 4.79 Å². The van der Waals surface area contributed by atoms with Crippen LogP contribution in [0.25, 0.3) is 0 Å². The summed E-state index contributed by atoms with van der Waals surface area (Å²) in [5, 5.41) is 11.0. The second kappa shape index (κ2) is 3.73. The Bertz CT molecular complexity index is 489. The van der Waals surface area contributed by atoms with Gasteiger partial charge in [-0.25, -0.2) is 0 Å². The number of nitrogens with two attached hydrogens (primary N) is 1. The van der Waals surface area contributed by atoms with Crippen molar-refractivity contribution in [2.75, 3.05) is 0 Å². The SMILES string of the molecule is Cc1cc(Cn2nnc(C(N)=O)n2)sn1. The number of amides is 1. The Kier molecular flexibility index (Phi) is 2.42. The maximum absolute atomic E-state index is 10.7. The molecule has 0 spiro atoms. The van der Waals surface area contributed by atoms with Gasteiger partial charge in [-0.05, 0) is 29.7 Å². The molecule has 2 heterocycles. The molecule has 2 rings (SSSR count). The first-order valence-corrected chi connectivity index (χ1v) is 4.92. The highest BCUT2D eigenvalue weighted by Crippen LogP contribution is 2.09. The molecule has 15 heavy (non-hydrogen) atoms. The zero-order chi connectivity index (χ0) is 10.8. The van der Waals surface area contributed by atoms with Gasteiger partial charge in [0.1, 0.15) is 0 Å². The molecular weight excluding hydrogens is 216 g/mol. The predicted octanol–water partition coefficient (Wildman–Crippen LogP) is -0.415. The quantitative estimate of drug-likeness (QED) is 0.763. The van der Waals surface area contributed by atoms with Gasteiger partial charge in [-0.15, -0.1) is 10.2 Å². The number of hydrogen-bond donors (Lipinski definition) is 1. The minimum Gasteiger partial charge on any atom is -0.363 e. The van der Waals surface area contributed by atoms with Crippen molar-refractivity contribution in [1.82, 2.24) is 24.6 Å². The Labute approximate surface area is 89.1 Å².